The summed E-state index contributed by atoms with van der Waals surface area (Å²) in [4.78, 5) is 25.7. The van der Waals surface area contributed by atoms with Gasteiger partial charge < -0.3 is 10.2 Å². The number of rotatable bonds is 8. The molecule has 1 aromatic rings. The molecule has 0 bridgehead atoms. The standard InChI is InChI=1S/C20H30N2O2/c1-15(2)6-4-7-16(3)21-19(23)14-17-9-11-18(12-10-17)22-13-5-8-20(22)24/h9-12,15-16H,4-8,13-14H2,1-3H3,(H,21,23). The summed E-state index contributed by atoms with van der Waals surface area (Å²) in [5, 5.41) is 3.08. The number of carbonyl (C=O) groups is 2. The van der Waals surface area contributed by atoms with Gasteiger partial charge in [-0.05, 0) is 43.4 Å². The molecule has 0 aromatic heterocycles. The van der Waals surface area contributed by atoms with E-state index in [0.717, 1.165) is 37.1 Å². The predicted octanol–water partition coefficient (Wildman–Crippen LogP) is 3.69. The molecule has 1 aliphatic rings. The molecule has 24 heavy (non-hydrogen) atoms. The number of hydrogen-bond acceptors (Lipinski definition) is 2. The molecule has 1 aromatic carbocycles. The molecule has 0 spiro atoms. The Morgan fingerprint density at radius 2 is 1.88 bits per heavy atom. The zero-order valence-corrected chi connectivity index (χ0v) is 15.2. The Labute approximate surface area is 145 Å². The monoisotopic (exact) mass is 330 g/mol. The summed E-state index contributed by atoms with van der Waals surface area (Å²) in [7, 11) is 0. The Kier molecular flexibility index (Phi) is 6.83. The summed E-state index contributed by atoms with van der Waals surface area (Å²) < 4.78 is 0. The molecule has 2 rings (SSSR count). The van der Waals surface area contributed by atoms with E-state index in [1.165, 1.54) is 6.42 Å². The van der Waals surface area contributed by atoms with Crippen molar-refractivity contribution in [3.63, 3.8) is 0 Å². The topological polar surface area (TPSA) is 49.4 Å². The Bertz CT molecular complexity index is 551. The van der Waals surface area contributed by atoms with E-state index in [9.17, 15) is 9.59 Å². The quantitative estimate of drug-likeness (QED) is 0.790. The molecule has 1 saturated heterocycles. The maximum absolute atomic E-state index is 12.1. The van der Waals surface area contributed by atoms with Crippen molar-refractivity contribution >= 4 is 17.5 Å². The van der Waals surface area contributed by atoms with Crippen molar-refractivity contribution in [2.45, 2.75) is 65.3 Å². The highest BCUT2D eigenvalue weighted by Gasteiger charge is 2.21. The fourth-order valence-electron chi connectivity index (χ4n) is 3.13. The van der Waals surface area contributed by atoms with Crippen LogP contribution in [0.15, 0.2) is 24.3 Å². The van der Waals surface area contributed by atoms with Crippen molar-refractivity contribution in [1.29, 1.82) is 0 Å². The van der Waals surface area contributed by atoms with Crippen LogP contribution in [0.25, 0.3) is 0 Å². The number of hydrogen-bond donors (Lipinski definition) is 1. The second-order valence-electron chi connectivity index (χ2n) is 7.29. The Balaban J connectivity index is 1.78. The average Bonchev–Trinajstić information content (AvgIpc) is 2.93. The normalized spacial score (nSPS) is 15.8. The molecular weight excluding hydrogens is 300 g/mol. The van der Waals surface area contributed by atoms with E-state index in [-0.39, 0.29) is 17.9 Å². The molecule has 1 atom stereocenters. The van der Waals surface area contributed by atoms with E-state index in [4.69, 9.17) is 0 Å². The van der Waals surface area contributed by atoms with Gasteiger partial charge in [-0.1, -0.05) is 38.8 Å². The highest BCUT2D eigenvalue weighted by Crippen LogP contribution is 2.21. The van der Waals surface area contributed by atoms with E-state index < -0.39 is 0 Å². The van der Waals surface area contributed by atoms with Crippen LogP contribution in [0.5, 0.6) is 0 Å². The van der Waals surface area contributed by atoms with Crippen LogP contribution in [-0.4, -0.2) is 24.4 Å². The lowest BCUT2D eigenvalue weighted by molar-refractivity contribution is -0.121. The molecule has 0 radical (unpaired) electrons. The third-order valence-electron chi connectivity index (χ3n) is 4.51. The average molecular weight is 330 g/mol. The second kappa shape index (κ2) is 8.86. The van der Waals surface area contributed by atoms with Crippen LogP contribution in [0, 0.1) is 5.92 Å². The van der Waals surface area contributed by atoms with Gasteiger partial charge in [0.25, 0.3) is 0 Å². The summed E-state index contributed by atoms with van der Waals surface area (Å²) >= 11 is 0. The van der Waals surface area contributed by atoms with Crippen molar-refractivity contribution < 1.29 is 9.59 Å². The molecule has 1 fully saturated rings. The van der Waals surface area contributed by atoms with E-state index >= 15 is 0 Å². The van der Waals surface area contributed by atoms with Gasteiger partial charge in [-0.15, -0.1) is 0 Å². The SMILES string of the molecule is CC(C)CCCC(C)NC(=O)Cc1ccc(N2CCCC2=O)cc1. The number of amides is 2. The molecule has 1 N–H and O–H groups in total. The second-order valence-corrected chi connectivity index (χ2v) is 7.29. The van der Waals surface area contributed by atoms with Crippen molar-refractivity contribution in [3.05, 3.63) is 29.8 Å². The lowest BCUT2D eigenvalue weighted by Gasteiger charge is -2.16. The molecule has 1 aliphatic heterocycles. The molecule has 0 aliphatic carbocycles. The van der Waals surface area contributed by atoms with Gasteiger partial charge in [0.1, 0.15) is 0 Å². The molecule has 0 saturated carbocycles. The summed E-state index contributed by atoms with van der Waals surface area (Å²) in [5.74, 6) is 0.974. The van der Waals surface area contributed by atoms with Crippen LogP contribution >= 0.6 is 0 Å². The van der Waals surface area contributed by atoms with Gasteiger partial charge in [-0.25, -0.2) is 0 Å². The molecule has 4 heteroatoms. The van der Waals surface area contributed by atoms with Crippen LogP contribution < -0.4 is 10.2 Å². The Morgan fingerprint density at radius 1 is 1.17 bits per heavy atom. The van der Waals surface area contributed by atoms with Gasteiger partial charge in [-0.3, -0.25) is 9.59 Å². The number of nitrogens with one attached hydrogen (secondary N) is 1. The largest absolute Gasteiger partial charge is 0.353 e. The van der Waals surface area contributed by atoms with Crippen molar-refractivity contribution in [1.82, 2.24) is 5.32 Å². The van der Waals surface area contributed by atoms with Gasteiger partial charge in [0.15, 0.2) is 0 Å². The lowest BCUT2D eigenvalue weighted by atomic mass is 10.0. The van der Waals surface area contributed by atoms with E-state index in [1.54, 1.807) is 0 Å². The van der Waals surface area contributed by atoms with Crippen LogP contribution in [-0.2, 0) is 16.0 Å². The minimum Gasteiger partial charge on any atom is -0.353 e. The summed E-state index contributed by atoms with van der Waals surface area (Å²) in [5.41, 5.74) is 1.92. The van der Waals surface area contributed by atoms with Crippen LogP contribution in [0.1, 0.15) is 58.4 Å². The number of benzene rings is 1. The van der Waals surface area contributed by atoms with Gasteiger partial charge >= 0.3 is 0 Å². The Morgan fingerprint density at radius 3 is 2.46 bits per heavy atom. The smallest absolute Gasteiger partial charge is 0.227 e. The van der Waals surface area contributed by atoms with Gasteiger partial charge in [0, 0.05) is 24.7 Å². The maximum Gasteiger partial charge on any atom is 0.227 e. The van der Waals surface area contributed by atoms with Crippen molar-refractivity contribution in [2.24, 2.45) is 5.92 Å². The summed E-state index contributed by atoms with van der Waals surface area (Å²) in [6.07, 6.45) is 5.34. The highest BCUT2D eigenvalue weighted by atomic mass is 16.2. The van der Waals surface area contributed by atoms with Crippen molar-refractivity contribution in [2.75, 3.05) is 11.4 Å². The molecule has 1 unspecified atom stereocenters. The lowest BCUT2D eigenvalue weighted by Crippen LogP contribution is -2.33. The fraction of sp³-hybridized carbons (Fsp3) is 0.600. The number of nitrogens with zero attached hydrogens (tertiary/aromatic N) is 1. The van der Waals surface area contributed by atoms with E-state index in [1.807, 2.05) is 29.2 Å². The van der Waals surface area contributed by atoms with Gasteiger partial charge in [0.05, 0.1) is 6.42 Å². The zero-order valence-electron chi connectivity index (χ0n) is 15.2. The third-order valence-corrected chi connectivity index (χ3v) is 4.51. The first-order valence-electron chi connectivity index (χ1n) is 9.14. The van der Waals surface area contributed by atoms with Crippen LogP contribution in [0.4, 0.5) is 5.69 Å². The first-order valence-corrected chi connectivity index (χ1v) is 9.14. The molecular formula is C20H30N2O2. The summed E-state index contributed by atoms with van der Waals surface area (Å²) in [6.45, 7) is 7.32. The van der Waals surface area contributed by atoms with E-state index in [0.29, 0.717) is 18.8 Å². The summed E-state index contributed by atoms with van der Waals surface area (Å²) in [6, 6.07) is 8.00. The number of carbonyl (C=O) groups excluding carboxylic acids is 2. The first kappa shape index (κ1) is 18.5. The highest BCUT2D eigenvalue weighted by molar-refractivity contribution is 5.95. The predicted molar refractivity (Wildman–Crippen MR) is 98.0 cm³/mol. The zero-order chi connectivity index (χ0) is 17.5. The van der Waals surface area contributed by atoms with Crippen molar-refractivity contribution in [3.8, 4) is 0 Å². The minimum absolute atomic E-state index is 0.0667. The Hall–Kier alpha value is -1.84. The van der Waals surface area contributed by atoms with Crippen LogP contribution in [0.3, 0.4) is 0 Å². The van der Waals surface area contributed by atoms with Crippen LogP contribution in [0.2, 0.25) is 0 Å². The molecule has 4 nitrogen and oxygen atoms in total. The molecule has 2 amide bonds. The fourth-order valence-corrected chi connectivity index (χ4v) is 3.13. The van der Waals surface area contributed by atoms with Gasteiger partial charge in [0.2, 0.25) is 11.8 Å². The third kappa shape index (κ3) is 5.66. The first-order chi connectivity index (χ1) is 11.5. The molecule has 1 heterocycles. The van der Waals surface area contributed by atoms with Gasteiger partial charge in [-0.2, -0.15) is 0 Å². The minimum atomic E-state index is 0.0667. The van der Waals surface area contributed by atoms with E-state index in [2.05, 4.69) is 26.1 Å². The number of anilines is 1. The molecule has 132 valence electrons. The maximum atomic E-state index is 12.1.